The molecule has 0 aliphatic carbocycles. The lowest BCUT2D eigenvalue weighted by Crippen LogP contribution is -2.41. The van der Waals surface area contributed by atoms with Crippen LogP contribution in [0.1, 0.15) is 26.3 Å². The number of ether oxygens (including phenoxy) is 1. The number of primary amides is 1. The molecule has 0 aromatic heterocycles. The minimum absolute atomic E-state index is 0.0186. The molecular weight excluding hydrogens is 315 g/mol. The summed E-state index contributed by atoms with van der Waals surface area (Å²) in [4.78, 5) is 10.6. The highest BCUT2D eigenvalue weighted by Gasteiger charge is 2.36. The fourth-order valence-electron chi connectivity index (χ4n) is 1.66. The number of amides is 1. The summed E-state index contributed by atoms with van der Waals surface area (Å²) in [7, 11) is -1.80. The van der Waals surface area contributed by atoms with Crippen molar-refractivity contribution in [2.45, 2.75) is 45.5 Å². The molecule has 23 heavy (non-hydrogen) atoms. The number of rotatable bonds is 7. The monoisotopic (exact) mass is 342 g/mol. The van der Waals surface area contributed by atoms with Crippen molar-refractivity contribution in [3.8, 4) is 0 Å². The zero-order valence-corrected chi connectivity index (χ0v) is 15.5. The van der Waals surface area contributed by atoms with Crippen LogP contribution in [0.4, 0.5) is 14.9 Å². The van der Waals surface area contributed by atoms with Crippen molar-refractivity contribution < 1.29 is 18.3 Å². The highest BCUT2D eigenvalue weighted by atomic mass is 28.4. The van der Waals surface area contributed by atoms with Gasteiger partial charge in [0.05, 0.1) is 12.3 Å². The summed E-state index contributed by atoms with van der Waals surface area (Å²) in [6.45, 7) is 11.9. The fraction of sp³-hybridized carbons (Fsp3) is 0.562. The van der Waals surface area contributed by atoms with Gasteiger partial charge in [0.15, 0.2) is 8.32 Å². The molecule has 1 aromatic carbocycles. The van der Waals surface area contributed by atoms with Gasteiger partial charge in [-0.15, -0.1) is 0 Å². The number of hydrogen-bond donors (Lipinski definition) is 2. The lowest BCUT2D eigenvalue weighted by molar-refractivity contribution is 0.150. The Morgan fingerprint density at radius 3 is 2.57 bits per heavy atom. The third-order valence-corrected chi connectivity index (χ3v) is 8.64. The highest BCUT2D eigenvalue weighted by molar-refractivity contribution is 6.74. The predicted molar refractivity (Wildman–Crippen MR) is 92.4 cm³/mol. The van der Waals surface area contributed by atoms with E-state index in [1.807, 2.05) is 0 Å². The second kappa shape index (κ2) is 7.78. The molecule has 1 amide bonds. The standard InChI is InChI=1S/C16H27FN2O3Si/c1-16(2,3)23(4,5)22-9-8-19-14-10-12(6-7-13(14)17)11-21-15(18)20/h6-7,10,19H,8-9,11H2,1-5H3,(H2,18,20). The predicted octanol–water partition coefficient (Wildman–Crippen LogP) is 3.85. The summed E-state index contributed by atoms with van der Waals surface area (Å²) in [6, 6.07) is 4.48. The second-order valence-corrected chi connectivity index (χ2v) is 11.8. The van der Waals surface area contributed by atoms with Gasteiger partial charge < -0.3 is 20.2 Å². The van der Waals surface area contributed by atoms with E-state index in [0.29, 0.717) is 24.4 Å². The zero-order valence-electron chi connectivity index (χ0n) is 14.5. The average Bonchev–Trinajstić information content (AvgIpc) is 2.42. The molecular formula is C16H27FN2O3Si. The third kappa shape index (κ3) is 6.19. The second-order valence-electron chi connectivity index (χ2n) is 6.96. The Kier molecular flexibility index (Phi) is 6.58. The summed E-state index contributed by atoms with van der Waals surface area (Å²) < 4.78 is 24.5. The number of carbonyl (C=O) groups excluding carboxylic acids is 1. The lowest BCUT2D eigenvalue weighted by Gasteiger charge is -2.36. The van der Waals surface area contributed by atoms with E-state index < -0.39 is 14.4 Å². The van der Waals surface area contributed by atoms with Gasteiger partial charge in [-0.3, -0.25) is 0 Å². The van der Waals surface area contributed by atoms with Crippen molar-refractivity contribution in [1.29, 1.82) is 0 Å². The van der Waals surface area contributed by atoms with Crippen LogP contribution in [0.5, 0.6) is 0 Å². The molecule has 0 fully saturated rings. The third-order valence-electron chi connectivity index (χ3n) is 4.10. The molecule has 0 heterocycles. The van der Waals surface area contributed by atoms with E-state index in [1.54, 1.807) is 12.1 Å². The Morgan fingerprint density at radius 2 is 2.00 bits per heavy atom. The Hall–Kier alpha value is -1.60. The quantitative estimate of drug-likeness (QED) is 0.583. The summed E-state index contributed by atoms with van der Waals surface area (Å²) in [5.41, 5.74) is 5.94. The number of benzene rings is 1. The molecule has 5 nitrogen and oxygen atoms in total. The van der Waals surface area contributed by atoms with Gasteiger partial charge in [-0.1, -0.05) is 26.8 Å². The van der Waals surface area contributed by atoms with Crippen LogP contribution < -0.4 is 11.1 Å². The van der Waals surface area contributed by atoms with Crippen molar-refractivity contribution in [3.05, 3.63) is 29.6 Å². The molecule has 3 N–H and O–H groups in total. The van der Waals surface area contributed by atoms with Gasteiger partial charge >= 0.3 is 6.09 Å². The van der Waals surface area contributed by atoms with Crippen LogP contribution in [0, 0.1) is 5.82 Å². The molecule has 0 unspecified atom stereocenters. The van der Waals surface area contributed by atoms with Crippen molar-refractivity contribution >= 4 is 20.1 Å². The fourth-order valence-corrected chi connectivity index (χ4v) is 2.71. The first-order valence-electron chi connectivity index (χ1n) is 7.61. The zero-order chi connectivity index (χ0) is 17.7. The van der Waals surface area contributed by atoms with Gasteiger partial charge in [-0.25, -0.2) is 9.18 Å². The molecule has 1 aromatic rings. The van der Waals surface area contributed by atoms with Crippen molar-refractivity contribution in [2.75, 3.05) is 18.5 Å². The molecule has 0 radical (unpaired) electrons. The topological polar surface area (TPSA) is 73.6 Å². The minimum Gasteiger partial charge on any atom is -0.445 e. The number of nitrogens with one attached hydrogen (secondary N) is 1. The molecule has 0 atom stereocenters. The van der Waals surface area contributed by atoms with Gasteiger partial charge in [0.25, 0.3) is 0 Å². The molecule has 0 aliphatic heterocycles. The van der Waals surface area contributed by atoms with Crippen LogP contribution in [0.2, 0.25) is 18.1 Å². The summed E-state index contributed by atoms with van der Waals surface area (Å²) in [5.74, 6) is -0.361. The first-order valence-corrected chi connectivity index (χ1v) is 10.5. The van der Waals surface area contributed by atoms with E-state index in [2.05, 4.69) is 39.2 Å². The molecule has 0 spiro atoms. The molecule has 130 valence electrons. The number of anilines is 1. The highest BCUT2D eigenvalue weighted by Crippen LogP contribution is 2.36. The van der Waals surface area contributed by atoms with Gasteiger partial charge in [-0.2, -0.15) is 0 Å². The number of hydrogen-bond acceptors (Lipinski definition) is 4. The minimum atomic E-state index is -1.80. The Morgan fingerprint density at radius 1 is 1.35 bits per heavy atom. The first kappa shape index (κ1) is 19.4. The maximum absolute atomic E-state index is 13.8. The van der Waals surface area contributed by atoms with E-state index in [1.165, 1.54) is 6.07 Å². The van der Waals surface area contributed by atoms with Crippen LogP contribution in [0.15, 0.2) is 18.2 Å². The molecule has 1 rings (SSSR count). The van der Waals surface area contributed by atoms with E-state index in [9.17, 15) is 9.18 Å². The summed E-state index contributed by atoms with van der Waals surface area (Å²) >= 11 is 0. The molecule has 7 heteroatoms. The van der Waals surface area contributed by atoms with Crippen molar-refractivity contribution in [1.82, 2.24) is 0 Å². The van der Waals surface area contributed by atoms with E-state index >= 15 is 0 Å². The largest absolute Gasteiger partial charge is 0.445 e. The lowest BCUT2D eigenvalue weighted by atomic mass is 10.2. The summed E-state index contributed by atoms with van der Waals surface area (Å²) in [5, 5.41) is 3.16. The molecule has 0 bridgehead atoms. The van der Waals surface area contributed by atoms with E-state index in [4.69, 9.17) is 14.9 Å². The van der Waals surface area contributed by atoms with E-state index in [-0.39, 0.29) is 17.5 Å². The van der Waals surface area contributed by atoms with Crippen molar-refractivity contribution in [3.63, 3.8) is 0 Å². The normalized spacial score (nSPS) is 12.1. The van der Waals surface area contributed by atoms with Crippen LogP contribution in [-0.4, -0.2) is 27.6 Å². The Labute approximate surface area is 138 Å². The van der Waals surface area contributed by atoms with Crippen LogP contribution >= 0.6 is 0 Å². The number of carbonyl (C=O) groups is 1. The number of nitrogens with two attached hydrogens (primary N) is 1. The van der Waals surface area contributed by atoms with Crippen LogP contribution in [0.3, 0.4) is 0 Å². The Balaban J connectivity index is 2.54. The maximum atomic E-state index is 13.8. The SMILES string of the molecule is CC(C)(C)[Si](C)(C)OCCNc1cc(COC(N)=O)ccc1F. The maximum Gasteiger partial charge on any atom is 0.404 e. The van der Waals surface area contributed by atoms with Crippen molar-refractivity contribution in [2.24, 2.45) is 5.73 Å². The number of halogens is 1. The molecule has 0 aliphatic rings. The Bertz CT molecular complexity index is 545. The summed E-state index contributed by atoms with van der Waals surface area (Å²) in [6.07, 6.45) is -0.855. The average molecular weight is 342 g/mol. The van der Waals surface area contributed by atoms with Gasteiger partial charge in [0, 0.05) is 6.54 Å². The van der Waals surface area contributed by atoms with Crippen LogP contribution in [-0.2, 0) is 15.8 Å². The van der Waals surface area contributed by atoms with Gasteiger partial charge in [-0.05, 0) is 35.8 Å². The smallest absolute Gasteiger partial charge is 0.404 e. The van der Waals surface area contributed by atoms with E-state index in [0.717, 1.165) is 0 Å². The molecule has 0 saturated carbocycles. The van der Waals surface area contributed by atoms with Gasteiger partial charge in [0.2, 0.25) is 0 Å². The first-order chi connectivity index (χ1) is 10.5. The molecule has 0 saturated heterocycles. The van der Waals surface area contributed by atoms with Gasteiger partial charge in [0.1, 0.15) is 12.4 Å². The van der Waals surface area contributed by atoms with Crippen LogP contribution in [0.25, 0.3) is 0 Å².